The molecule has 3 aromatic rings. The zero-order valence-corrected chi connectivity index (χ0v) is 15.1. The summed E-state index contributed by atoms with van der Waals surface area (Å²) < 4.78 is 12.9. The zero-order chi connectivity index (χ0) is 18.5. The fourth-order valence-electron chi connectivity index (χ4n) is 2.73. The second-order valence-electron chi connectivity index (χ2n) is 6.03. The van der Waals surface area contributed by atoms with Crippen LogP contribution in [-0.4, -0.2) is 35.9 Å². The predicted octanol–water partition coefficient (Wildman–Crippen LogP) is 4.60. The fraction of sp³-hybridized carbons (Fsp3) is 0.200. The van der Waals surface area contributed by atoms with Crippen LogP contribution in [0.1, 0.15) is 16.8 Å². The molecular formula is C20H19ClFN3O. The van der Waals surface area contributed by atoms with Crippen LogP contribution in [0.2, 0.25) is 5.02 Å². The van der Waals surface area contributed by atoms with Crippen molar-refractivity contribution >= 4 is 34.1 Å². The number of amides is 1. The molecule has 6 heteroatoms. The minimum Gasteiger partial charge on any atom is -0.384 e. The molecule has 0 aliphatic heterocycles. The van der Waals surface area contributed by atoms with E-state index in [4.69, 9.17) is 11.6 Å². The molecule has 0 aliphatic rings. The third-order valence-corrected chi connectivity index (χ3v) is 4.36. The summed E-state index contributed by atoms with van der Waals surface area (Å²) in [5, 5.41) is 5.04. The van der Waals surface area contributed by atoms with Crippen molar-refractivity contribution in [2.24, 2.45) is 0 Å². The molecule has 1 amide bonds. The van der Waals surface area contributed by atoms with Gasteiger partial charge in [0.1, 0.15) is 5.82 Å². The van der Waals surface area contributed by atoms with Crippen molar-refractivity contribution in [1.29, 1.82) is 0 Å². The Morgan fingerprint density at radius 3 is 2.73 bits per heavy atom. The van der Waals surface area contributed by atoms with Gasteiger partial charge in [0.25, 0.3) is 5.91 Å². The van der Waals surface area contributed by atoms with Gasteiger partial charge in [-0.05, 0) is 55.0 Å². The van der Waals surface area contributed by atoms with Crippen molar-refractivity contribution in [3.63, 3.8) is 0 Å². The van der Waals surface area contributed by atoms with Crippen LogP contribution in [0.4, 0.5) is 10.1 Å². The maximum Gasteiger partial charge on any atom is 0.253 e. The van der Waals surface area contributed by atoms with Crippen LogP contribution in [0.25, 0.3) is 10.9 Å². The lowest BCUT2D eigenvalue weighted by atomic mass is 10.2. The molecule has 0 saturated heterocycles. The highest BCUT2D eigenvalue weighted by Gasteiger charge is 2.11. The van der Waals surface area contributed by atoms with Crippen LogP contribution in [0.15, 0.2) is 54.7 Å². The summed E-state index contributed by atoms with van der Waals surface area (Å²) in [6.07, 6.45) is 2.52. The van der Waals surface area contributed by atoms with Gasteiger partial charge in [-0.1, -0.05) is 11.6 Å². The molecule has 4 nitrogen and oxygen atoms in total. The van der Waals surface area contributed by atoms with E-state index < -0.39 is 0 Å². The van der Waals surface area contributed by atoms with E-state index in [1.165, 1.54) is 24.3 Å². The molecule has 0 bridgehead atoms. The third kappa shape index (κ3) is 4.29. The van der Waals surface area contributed by atoms with Gasteiger partial charge in [0, 0.05) is 48.0 Å². The largest absolute Gasteiger partial charge is 0.384 e. The van der Waals surface area contributed by atoms with Crippen LogP contribution >= 0.6 is 11.6 Å². The van der Waals surface area contributed by atoms with E-state index in [0.717, 1.165) is 23.0 Å². The second kappa shape index (κ2) is 8.15. The van der Waals surface area contributed by atoms with Gasteiger partial charge in [0.15, 0.2) is 0 Å². The molecule has 3 rings (SSSR count). The van der Waals surface area contributed by atoms with Gasteiger partial charge >= 0.3 is 0 Å². The fourth-order valence-corrected chi connectivity index (χ4v) is 2.90. The Kier molecular flexibility index (Phi) is 5.68. The summed E-state index contributed by atoms with van der Waals surface area (Å²) in [7, 11) is 1.75. The van der Waals surface area contributed by atoms with E-state index in [1.54, 1.807) is 18.1 Å². The number of benzene rings is 2. The Labute approximate surface area is 156 Å². The SMILES string of the molecule is CN(CCCNc1ccnc2cc(Cl)ccc12)C(=O)c1ccc(F)cc1. The van der Waals surface area contributed by atoms with Gasteiger partial charge in [-0.2, -0.15) is 0 Å². The van der Waals surface area contributed by atoms with Crippen LogP contribution < -0.4 is 5.32 Å². The zero-order valence-electron chi connectivity index (χ0n) is 14.4. The highest BCUT2D eigenvalue weighted by atomic mass is 35.5. The summed E-state index contributed by atoms with van der Waals surface area (Å²) in [5.41, 5.74) is 2.31. The molecule has 1 aromatic heterocycles. The lowest BCUT2D eigenvalue weighted by Gasteiger charge is -2.18. The highest BCUT2D eigenvalue weighted by Crippen LogP contribution is 2.24. The number of rotatable bonds is 6. The number of nitrogens with one attached hydrogen (secondary N) is 1. The first-order valence-corrected chi connectivity index (χ1v) is 8.71. The smallest absolute Gasteiger partial charge is 0.253 e. The van der Waals surface area contributed by atoms with Crippen molar-refractivity contribution in [3.05, 3.63) is 71.1 Å². The van der Waals surface area contributed by atoms with Gasteiger partial charge in [-0.25, -0.2) is 4.39 Å². The molecule has 0 atom stereocenters. The number of halogens is 2. The number of nitrogens with zero attached hydrogens (tertiary/aromatic N) is 2. The van der Waals surface area contributed by atoms with Gasteiger partial charge < -0.3 is 10.2 Å². The topological polar surface area (TPSA) is 45.2 Å². The molecule has 0 spiro atoms. The molecule has 0 unspecified atom stereocenters. The molecule has 1 heterocycles. The number of fused-ring (bicyclic) bond motifs is 1. The first kappa shape index (κ1) is 18.1. The van der Waals surface area contributed by atoms with E-state index in [0.29, 0.717) is 23.7 Å². The number of anilines is 1. The maximum absolute atomic E-state index is 12.9. The van der Waals surface area contributed by atoms with Crippen LogP contribution in [-0.2, 0) is 0 Å². The van der Waals surface area contributed by atoms with E-state index in [-0.39, 0.29) is 11.7 Å². The molecular weight excluding hydrogens is 353 g/mol. The summed E-state index contributed by atoms with van der Waals surface area (Å²) in [4.78, 5) is 18.2. The van der Waals surface area contributed by atoms with Crippen molar-refractivity contribution in [2.75, 3.05) is 25.5 Å². The predicted molar refractivity (Wildman–Crippen MR) is 103 cm³/mol. The average Bonchev–Trinajstić information content (AvgIpc) is 2.64. The Bertz CT molecular complexity index is 915. The monoisotopic (exact) mass is 371 g/mol. The lowest BCUT2D eigenvalue weighted by Crippen LogP contribution is -2.28. The maximum atomic E-state index is 12.9. The van der Waals surface area contributed by atoms with E-state index in [1.807, 2.05) is 24.3 Å². The first-order chi connectivity index (χ1) is 12.5. The van der Waals surface area contributed by atoms with Gasteiger partial charge in [0.2, 0.25) is 0 Å². The Morgan fingerprint density at radius 1 is 1.19 bits per heavy atom. The molecule has 0 fully saturated rings. The Balaban J connectivity index is 1.54. The van der Waals surface area contributed by atoms with Gasteiger partial charge in [-0.3, -0.25) is 9.78 Å². The second-order valence-corrected chi connectivity index (χ2v) is 6.47. The summed E-state index contributed by atoms with van der Waals surface area (Å²) in [5.74, 6) is -0.465. The summed E-state index contributed by atoms with van der Waals surface area (Å²) in [6, 6.07) is 13.1. The molecule has 26 heavy (non-hydrogen) atoms. The number of pyridine rings is 1. The number of carbonyl (C=O) groups is 1. The highest BCUT2D eigenvalue weighted by molar-refractivity contribution is 6.31. The van der Waals surface area contributed by atoms with Crippen molar-refractivity contribution in [3.8, 4) is 0 Å². The standard InChI is InChI=1S/C20H19ClFN3O/c1-25(20(26)14-3-6-16(22)7-4-14)12-2-10-23-18-9-11-24-19-13-15(21)5-8-17(18)19/h3-9,11,13H,2,10,12H2,1H3,(H,23,24). The normalized spacial score (nSPS) is 10.7. The molecule has 0 saturated carbocycles. The minimum atomic E-state index is -0.348. The quantitative estimate of drug-likeness (QED) is 0.644. The molecule has 134 valence electrons. The minimum absolute atomic E-state index is 0.117. The Hall–Kier alpha value is -2.66. The van der Waals surface area contributed by atoms with Crippen molar-refractivity contribution < 1.29 is 9.18 Å². The molecule has 0 aliphatic carbocycles. The van der Waals surface area contributed by atoms with Gasteiger partial charge in [0.05, 0.1) is 5.52 Å². The van der Waals surface area contributed by atoms with Crippen molar-refractivity contribution in [1.82, 2.24) is 9.88 Å². The average molecular weight is 372 g/mol. The number of carbonyl (C=O) groups excluding carboxylic acids is 1. The van der Waals surface area contributed by atoms with Crippen LogP contribution in [0.5, 0.6) is 0 Å². The molecule has 1 N–H and O–H groups in total. The molecule has 0 radical (unpaired) electrons. The van der Waals surface area contributed by atoms with E-state index in [2.05, 4.69) is 10.3 Å². The molecule has 2 aromatic carbocycles. The summed E-state index contributed by atoms with van der Waals surface area (Å²) in [6.45, 7) is 1.31. The lowest BCUT2D eigenvalue weighted by molar-refractivity contribution is 0.0794. The van der Waals surface area contributed by atoms with E-state index in [9.17, 15) is 9.18 Å². The van der Waals surface area contributed by atoms with Crippen LogP contribution in [0.3, 0.4) is 0 Å². The number of aromatic nitrogens is 1. The third-order valence-electron chi connectivity index (χ3n) is 4.13. The summed E-state index contributed by atoms with van der Waals surface area (Å²) >= 11 is 6.00. The number of hydrogen-bond acceptors (Lipinski definition) is 3. The Morgan fingerprint density at radius 2 is 1.96 bits per heavy atom. The van der Waals surface area contributed by atoms with Crippen LogP contribution in [0, 0.1) is 5.82 Å². The first-order valence-electron chi connectivity index (χ1n) is 8.34. The number of hydrogen-bond donors (Lipinski definition) is 1. The van der Waals surface area contributed by atoms with E-state index >= 15 is 0 Å². The van der Waals surface area contributed by atoms with Gasteiger partial charge in [-0.15, -0.1) is 0 Å². The van der Waals surface area contributed by atoms with Crippen molar-refractivity contribution in [2.45, 2.75) is 6.42 Å².